The summed E-state index contributed by atoms with van der Waals surface area (Å²) < 4.78 is 2.87. The highest BCUT2D eigenvalue weighted by molar-refractivity contribution is 5.95. The smallest absolute Gasteiger partial charge is 0.264 e. The van der Waals surface area contributed by atoms with E-state index in [4.69, 9.17) is 0 Å². The van der Waals surface area contributed by atoms with Gasteiger partial charge in [-0.05, 0) is 61.4 Å². The second-order valence-electron chi connectivity index (χ2n) is 8.14. The number of rotatable bonds is 5. The Morgan fingerprint density at radius 2 is 1.70 bits per heavy atom. The van der Waals surface area contributed by atoms with Gasteiger partial charge in [-0.3, -0.25) is 19.0 Å². The van der Waals surface area contributed by atoms with Gasteiger partial charge in [-0.25, -0.2) is 9.67 Å². The minimum absolute atomic E-state index is 0.125. The van der Waals surface area contributed by atoms with Crippen molar-refractivity contribution in [3.05, 3.63) is 82.0 Å². The summed E-state index contributed by atoms with van der Waals surface area (Å²) in [5.74, 6) is -0.508. The SMILES string of the molecule is Cc1cc(C)cc(-n2ncc3c(=O)n(CC(=O)Nc4ccc(C(=O)N(C)C)cc4)cnc32)c1. The normalized spacial score (nSPS) is 10.9. The molecule has 0 radical (unpaired) electrons. The molecule has 0 atom stereocenters. The van der Waals surface area contributed by atoms with Crippen molar-refractivity contribution in [1.82, 2.24) is 24.2 Å². The fraction of sp³-hybridized carbons (Fsp3) is 0.208. The van der Waals surface area contributed by atoms with Gasteiger partial charge in [-0.15, -0.1) is 0 Å². The first kappa shape index (κ1) is 21.9. The monoisotopic (exact) mass is 444 g/mol. The molecule has 4 aromatic rings. The molecule has 0 bridgehead atoms. The third-order valence-electron chi connectivity index (χ3n) is 5.14. The lowest BCUT2D eigenvalue weighted by molar-refractivity contribution is -0.116. The summed E-state index contributed by atoms with van der Waals surface area (Å²) in [6, 6.07) is 12.6. The van der Waals surface area contributed by atoms with Gasteiger partial charge >= 0.3 is 0 Å². The van der Waals surface area contributed by atoms with Gasteiger partial charge in [-0.1, -0.05) is 6.07 Å². The number of nitrogens with zero attached hydrogens (tertiary/aromatic N) is 5. The zero-order valence-electron chi connectivity index (χ0n) is 18.9. The minimum atomic E-state index is -0.383. The third-order valence-corrected chi connectivity index (χ3v) is 5.14. The largest absolute Gasteiger partial charge is 0.345 e. The van der Waals surface area contributed by atoms with Crippen molar-refractivity contribution in [3.8, 4) is 5.69 Å². The molecule has 4 rings (SSSR count). The van der Waals surface area contributed by atoms with E-state index < -0.39 is 0 Å². The first-order valence-electron chi connectivity index (χ1n) is 10.4. The van der Waals surface area contributed by atoms with Gasteiger partial charge in [0.2, 0.25) is 5.91 Å². The fourth-order valence-corrected chi connectivity index (χ4v) is 3.63. The van der Waals surface area contributed by atoms with Crippen LogP contribution in [0.5, 0.6) is 0 Å². The standard InChI is InChI=1S/C24H24N6O3/c1-15-9-16(2)11-19(10-15)30-22-20(12-26-30)24(33)29(14-25-22)13-21(31)27-18-7-5-17(6-8-18)23(32)28(3)4/h5-12,14H,13H2,1-4H3,(H,27,31). The van der Waals surface area contributed by atoms with E-state index in [2.05, 4.69) is 21.5 Å². The van der Waals surface area contributed by atoms with Crippen molar-refractivity contribution in [2.75, 3.05) is 19.4 Å². The molecule has 9 nitrogen and oxygen atoms in total. The molecule has 0 saturated carbocycles. The molecule has 0 fully saturated rings. The number of hydrogen-bond donors (Lipinski definition) is 1. The highest BCUT2D eigenvalue weighted by Crippen LogP contribution is 2.17. The molecule has 168 valence electrons. The molecule has 1 N–H and O–H groups in total. The number of benzene rings is 2. The van der Waals surface area contributed by atoms with Crippen molar-refractivity contribution in [3.63, 3.8) is 0 Å². The number of amides is 2. The molecule has 0 spiro atoms. The van der Waals surface area contributed by atoms with Crippen molar-refractivity contribution in [1.29, 1.82) is 0 Å². The van der Waals surface area contributed by atoms with Crippen molar-refractivity contribution >= 4 is 28.5 Å². The number of carbonyl (C=O) groups excluding carboxylic acids is 2. The molecule has 0 aliphatic carbocycles. The van der Waals surface area contributed by atoms with E-state index in [1.807, 2.05) is 26.0 Å². The number of hydrogen-bond acceptors (Lipinski definition) is 5. The van der Waals surface area contributed by atoms with Crippen molar-refractivity contribution in [2.24, 2.45) is 0 Å². The number of fused-ring (bicyclic) bond motifs is 1. The molecular weight excluding hydrogens is 420 g/mol. The van der Waals surface area contributed by atoms with Crippen LogP contribution in [0.4, 0.5) is 5.69 Å². The van der Waals surface area contributed by atoms with Crippen LogP contribution in [0.25, 0.3) is 16.7 Å². The Bertz CT molecular complexity index is 1400. The van der Waals surface area contributed by atoms with Crippen LogP contribution in [0.3, 0.4) is 0 Å². The zero-order valence-corrected chi connectivity index (χ0v) is 18.9. The Balaban J connectivity index is 1.53. The second kappa shape index (κ2) is 8.70. The van der Waals surface area contributed by atoms with Crippen LogP contribution in [0.1, 0.15) is 21.5 Å². The summed E-state index contributed by atoms with van der Waals surface area (Å²) >= 11 is 0. The summed E-state index contributed by atoms with van der Waals surface area (Å²) in [5.41, 5.74) is 4.11. The maximum atomic E-state index is 12.9. The van der Waals surface area contributed by atoms with Gasteiger partial charge in [0, 0.05) is 25.3 Å². The molecule has 0 saturated heterocycles. The second-order valence-corrected chi connectivity index (χ2v) is 8.14. The zero-order chi connectivity index (χ0) is 23.7. The topological polar surface area (TPSA) is 102 Å². The Kier molecular flexibility index (Phi) is 5.78. The minimum Gasteiger partial charge on any atom is -0.345 e. The summed E-state index contributed by atoms with van der Waals surface area (Å²) in [5, 5.41) is 7.40. The molecule has 2 heterocycles. The van der Waals surface area contributed by atoms with Crippen LogP contribution in [-0.2, 0) is 11.3 Å². The van der Waals surface area contributed by atoms with Crippen LogP contribution in [0.2, 0.25) is 0 Å². The van der Waals surface area contributed by atoms with Crippen LogP contribution in [0.15, 0.2) is 59.8 Å². The predicted octanol–water partition coefficient (Wildman–Crippen LogP) is 2.54. The van der Waals surface area contributed by atoms with Crippen LogP contribution < -0.4 is 10.9 Å². The van der Waals surface area contributed by atoms with E-state index in [1.165, 1.54) is 22.0 Å². The van der Waals surface area contributed by atoms with E-state index in [0.717, 1.165) is 16.8 Å². The first-order valence-corrected chi connectivity index (χ1v) is 10.4. The summed E-state index contributed by atoms with van der Waals surface area (Å²) in [6.45, 7) is 3.79. The first-order chi connectivity index (χ1) is 15.7. The number of anilines is 1. The molecule has 33 heavy (non-hydrogen) atoms. The molecule has 2 aromatic carbocycles. The van der Waals surface area contributed by atoms with Gasteiger partial charge in [0.05, 0.1) is 11.9 Å². The van der Waals surface area contributed by atoms with Gasteiger partial charge in [0.25, 0.3) is 11.5 Å². The van der Waals surface area contributed by atoms with E-state index in [1.54, 1.807) is 43.0 Å². The number of nitrogens with one attached hydrogen (secondary N) is 1. The van der Waals surface area contributed by atoms with Gasteiger partial charge in [0.15, 0.2) is 5.65 Å². The molecule has 0 aliphatic heterocycles. The average molecular weight is 444 g/mol. The fourth-order valence-electron chi connectivity index (χ4n) is 3.63. The lowest BCUT2D eigenvalue weighted by atomic mass is 10.1. The quantitative estimate of drug-likeness (QED) is 0.510. The maximum absolute atomic E-state index is 12.9. The van der Waals surface area contributed by atoms with Crippen LogP contribution in [-0.4, -0.2) is 50.1 Å². The van der Waals surface area contributed by atoms with E-state index in [-0.39, 0.29) is 23.9 Å². The highest BCUT2D eigenvalue weighted by Gasteiger charge is 2.14. The third kappa shape index (κ3) is 4.52. The van der Waals surface area contributed by atoms with E-state index in [9.17, 15) is 14.4 Å². The van der Waals surface area contributed by atoms with Crippen molar-refractivity contribution in [2.45, 2.75) is 20.4 Å². The lowest BCUT2D eigenvalue weighted by Gasteiger charge is -2.11. The molecule has 0 aliphatic rings. The maximum Gasteiger partial charge on any atom is 0.264 e. The number of aryl methyl sites for hydroxylation is 2. The van der Waals surface area contributed by atoms with Gasteiger partial charge in [0.1, 0.15) is 18.3 Å². The molecule has 9 heteroatoms. The molecule has 2 aromatic heterocycles. The van der Waals surface area contributed by atoms with Gasteiger partial charge < -0.3 is 10.2 Å². The van der Waals surface area contributed by atoms with E-state index in [0.29, 0.717) is 22.3 Å². The Morgan fingerprint density at radius 1 is 1.03 bits per heavy atom. The predicted molar refractivity (Wildman–Crippen MR) is 126 cm³/mol. The highest BCUT2D eigenvalue weighted by atomic mass is 16.2. The van der Waals surface area contributed by atoms with Crippen molar-refractivity contribution < 1.29 is 9.59 Å². The molecule has 0 unspecified atom stereocenters. The van der Waals surface area contributed by atoms with E-state index >= 15 is 0 Å². The lowest BCUT2D eigenvalue weighted by Crippen LogP contribution is -2.28. The summed E-state index contributed by atoms with van der Waals surface area (Å²) in [7, 11) is 3.35. The molecule has 2 amide bonds. The molecular formula is C24H24N6O3. The Morgan fingerprint density at radius 3 is 2.33 bits per heavy atom. The number of aromatic nitrogens is 4. The summed E-state index contributed by atoms with van der Waals surface area (Å²) in [6.07, 6.45) is 2.82. The Hall–Kier alpha value is -4.27. The van der Waals surface area contributed by atoms with Crippen LogP contribution in [0, 0.1) is 13.8 Å². The van der Waals surface area contributed by atoms with Gasteiger partial charge in [-0.2, -0.15) is 5.10 Å². The average Bonchev–Trinajstić information content (AvgIpc) is 3.20. The Labute approximate surface area is 190 Å². The van der Waals surface area contributed by atoms with Crippen LogP contribution >= 0.6 is 0 Å². The summed E-state index contributed by atoms with van der Waals surface area (Å²) in [4.78, 5) is 43.3. The number of carbonyl (C=O) groups is 2.